The van der Waals surface area contributed by atoms with Crippen molar-refractivity contribution >= 4 is 11.6 Å². The van der Waals surface area contributed by atoms with Crippen molar-refractivity contribution in [3.05, 3.63) is 11.9 Å². The lowest BCUT2D eigenvalue weighted by Gasteiger charge is -2.13. The second-order valence-electron chi connectivity index (χ2n) is 3.46. The molecule has 0 saturated carbocycles. The molecule has 0 aromatic carbocycles. The van der Waals surface area contributed by atoms with E-state index in [-0.39, 0.29) is 12.4 Å². The van der Waals surface area contributed by atoms with Crippen LogP contribution in [0.25, 0.3) is 0 Å². The zero-order chi connectivity index (χ0) is 14.7. The van der Waals surface area contributed by atoms with Gasteiger partial charge in [-0.25, -0.2) is 9.97 Å². The van der Waals surface area contributed by atoms with E-state index in [2.05, 4.69) is 15.3 Å². The lowest BCUT2D eigenvalue weighted by molar-refractivity contribution is -0.144. The summed E-state index contributed by atoms with van der Waals surface area (Å²) in [5.74, 6) is -2.25. The molecule has 0 atom stereocenters. The van der Waals surface area contributed by atoms with Crippen molar-refractivity contribution in [2.75, 3.05) is 23.7 Å². The lowest BCUT2D eigenvalue weighted by atomic mass is 10.4. The highest BCUT2D eigenvalue weighted by atomic mass is 19.4. The number of anilines is 2. The number of halogens is 6. The second-order valence-corrected chi connectivity index (χ2v) is 3.46. The Kier molecular flexibility index (Phi) is 4.43. The average molecular weight is 288 g/mol. The van der Waals surface area contributed by atoms with Crippen molar-refractivity contribution in [3.63, 3.8) is 0 Å². The summed E-state index contributed by atoms with van der Waals surface area (Å²) in [5, 5.41) is 4.26. The largest absolute Gasteiger partial charge is 0.451 e. The minimum atomic E-state index is -4.83. The maximum atomic E-state index is 12.5. The van der Waals surface area contributed by atoms with Gasteiger partial charge < -0.3 is 10.6 Å². The minimum absolute atomic E-state index is 0.200. The van der Waals surface area contributed by atoms with Crippen LogP contribution in [0.15, 0.2) is 6.07 Å². The Morgan fingerprint density at radius 1 is 1.00 bits per heavy atom. The van der Waals surface area contributed by atoms with Crippen LogP contribution in [0.2, 0.25) is 0 Å². The molecule has 19 heavy (non-hydrogen) atoms. The molecular weight excluding hydrogens is 278 g/mol. The van der Waals surface area contributed by atoms with Gasteiger partial charge in [-0.15, -0.1) is 0 Å². The molecule has 0 amide bonds. The van der Waals surface area contributed by atoms with E-state index in [1.165, 1.54) is 0 Å². The third-order valence-corrected chi connectivity index (χ3v) is 1.81. The monoisotopic (exact) mass is 288 g/mol. The standard InChI is InChI=1S/C9H10F6N4/c1-2-16-5-3-6(17-4-8(10,11)12)19-7(18-5)9(13,14)15/h3H,2,4H2,1H3,(H2,16,17,18,19). The van der Waals surface area contributed by atoms with E-state index in [9.17, 15) is 26.3 Å². The fourth-order valence-corrected chi connectivity index (χ4v) is 1.13. The second kappa shape index (κ2) is 5.49. The van der Waals surface area contributed by atoms with E-state index in [4.69, 9.17) is 0 Å². The van der Waals surface area contributed by atoms with Crippen molar-refractivity contribution < 1.29 is 26.3 Å². The topological polar surface area (TPSA) is 49.8 Å². The van der Waals surface area contributed by atoms with E-state index in [0.29, 0.717) is 0 Å². The van der Waals surface area contributed by atoms with Crippen LogP contribution < -0.4 is 10.6 Å². The summed E-state index contributed by atoms with van der Waals surface area (Å²) in [5.41, 5.74) is 0. The van der Waals surface area contributed by atoms with Crippen molar-refractivity contribution in [2.24, 2.45) is 0 Å². The van der Waals surface area contributed by atoms with Gasteiger partial charge in [0.05, 0.1) is 0 Å². The highest BCUT2D eigenvalue weighted by Crippen LogP contribution is 2.28. The van der Waals surface area contributed by atoms with Crippen LogP contribution in [0.3, 0.4) is 0 Å². The predicted octanol–water partition coefficient (Wildman–Crippen LogP) is 2.90. The summed E-state index contributed by atoms with van der Waals surface area (Å²) in [7, 11) is 0. The molecule has 0 saturated heterocycles. The van der Waals surface area contributed by atoms with Crippen LogP contribution in [-0.2, 0) is 6.18 Å². The van der Waals surface area contributed by atoms with Crippen molar-refractivity contribution in [1.29, 1.82) is 0 Å². The molecule has 10 heteroatoms. The SMILES string of the molecule is CCNc1cc(NCC(F)(F)F)nc(C(F)(F)F)n1. The number of nitrogens with one attached hydrogen (secondary N) is 2. The maximum Gasteiger partial charge on any atom is 0.451 e. The predicted molar refractivity (Wildman–Crippen MR) is 55.7 cm³/mol. The van der Waals surface area contributed by atoms with Crippen LogP contribution in [0, 0.1) is 0 Å². The number of hydrogen-bond acceptors (Lipinski definition) is 4. The molecule has 4 nitrogen and oxygen atoms in total. The molecule has 0 unspecified atom stereocenters. The van der Waals surface area contributed by atoms with Crippen LogP contribution >= 0.6 is 0 Å². The molecule has 0 aliphatic rings. The molecule has 1 aromatic rings. The summed E-state index contributed by atoms with van der Waals surface area (Å²) >= 11 is 0. The molecule has 108 valence electrons. The van der Waals surface area contributed by atoms with Crippen LogP contribution in [0.1, 0.15) is 12.7 Å². The molecule has 0 bridgehead atoms. The Morgan fingerprint density at radius 3 is 1.95 bits per heavy atom. The quantitative estimate of drug-likeness (QED) is 0.836. The number of rotatable bonds is 4. The number of nitrogens with zero attached hydrogens (tertiary/aromatic N) is 2. The van der Waals surface area contributed by atoms with E-state index in [0.717, 1.165) is 6.07 Å². The van der Waals surface area contributed by atoms with E-state index < -0.39 is 30.5 Å². The first-order valence-corrected chi connectivity index (χ1v) is 5.12. The van der Waals surface area contributed by atoms with Gasteiger partial charge in [0.15, 0.2) is 0 Å². The van der Waals surface area contributed by atoms with Gasteiger partial charge in [-0.1, -0.05) is 0 Å². The van der Waals surface area contributed by atoms with Crippen molar-refractivity contribution in [1.82, 2.24) is 9.97 Å². The molecule has 1 rings (SSSR count). The number of aromatic nitrogens is 2. The van der Waals surface area contributed by atoms with Crippen LogP contribution in [0.5, 0.6) is 0 Å². The van der Waals surface area contributed by atoms with Gasteiger partial charge in [0.1, 0.15) is 18.2 Å². The Balaban J connectivity index is 3.00. The number of alkyl halides is 6. The fraction of sp³-hybridized carbons (Fsp3) is 0.556. The number of hydrogen-bond donors (Lipinski definition) is 2. The summed E-state index contributed by atoms with van der Waals surface area (Å²) in [6, 6.07) is 0.977. The first-order valence-electron chi connectivity index (χ1n) is 5.12. The van der Waals surface area contributed by atoms with Gasteiger partial charge in [-0.2, -0.15) is 26.3 Å². The first-order chi connectivity index (χ1) is 8.62. The van der Waals surface area contributed by atoms with E-state index >= 15 is 0 Å². The Bertz CT molecular complexity index is 428. The van der Waals surface area contributed by atoms with Gasteiger partial charge in [0.2, 0.25) is 5.82 Å². The molecule has 0 spiro atoms. The zero-order valence-electron chi connectivity index (χ0n) is 9.65. The zero-order valence-corrected chi connectivity index (χ0v) is 9.65. The molecule has 1 heterocycles. The summed E-state index contributed by atoms with van der Waals surface area (Å²) < 4.78 is 73.3. The Labute approximate surface area is 104 Å². The van der Waals surface area contributed by atoms with Gasteiger partial charge >= 0.3 is 12.4 Å². The van der Waals surface area contributed by atoms with Gasteiger partial charge in [0, 0.05) is 12.6 Å². The maximum absolute atomic E-state index is 12.5. The van der Waals surface area contributed by atoms with Crippen LogP contribution in [-0.4, -0.2) is 29.2 Å². The van der Waals surface area contributed by atoms with Gasteiger partial charge in [-0.3, -0.25) is 0 Å². The molecule has 0 radical (unpaired) electrons. The molecule has 0 aliphatic carbocycles. The van der Waals surface area contributed by atoms with E-state index in [1.54, 1.807) is 12.2 Å². The average Bonchev–Trinajstić information content (AvgIpc) is 2.24. The lowest BCUT2D eigenvalue weighted by Crippen LogP contribution is -2.23. The fourth-order valence-electron chi connectivity index (χ4n) is 1.13. The van der Waals surface area contributed by atoms with Crippen molar-refractivity contribution in [2.45, 2.75) is 19.3 Å². The molecule has 1 aromatic heterocycles. The minimum Gasteiger partial charge on any atom is -0.370 e. The van der Waals surface area contributed by atoms with Gasteiger partial charge in [-0.05, 0) is 6.92 Å². The molecular formula is C9H10F6N4. The Morgan fingerprint density at radius 2 is 1.53 bits per heavy atom. The van der Waals surface area contributed by atoms with Crippen LogP contribution in [0.4, 0.5) is 38.0 Å². The molecule has 0 fully saturated rings. The third kappa shape index (κ3) is 5.18. The third-order valence-electron chi connectivity index (χ3n) is 1.81. The van der Waals surface area contributed by atoms with Crippen molar-refractivity contribution in [3.8, 4) is 0 Å². The highest BCUT2D eigenvalue weighted by Gasteiger charge is 2.36. The Hall–Kier alpha value is -1.74. The summed E-state index contributed by atoms with van der Waals surface area (Å²) in [6.45, 7) is 0.401. The smallest absolute Gasteiger partial charge is 0.370 e. The normalized spacial score (nSPS) is 12.4. The highest BCUT2D eigenvalue weighted by molar-refractivity contribution is 5.47. The van der Waals surface area contributed by atoms with Gasteiger partial charge in [0.25, 0.3) is 0 Å². The summed E-state index contributed by atoms with van der Waals surface area (Å²) in [6.07, 6.45) is -9.39. The molecule has 2 N–H and O–H groups in total. The first kappa shape index (κ1) is 15.3. The summed E-state index contributed by atoms with van der Waals surface area (Å²) in [4.78, 5) is 6.17. The van der Waals surface area contributed by atoms with E-state index in [1.807, 2.05) is 0 Å². The molecule has 0 aliphatic heterocycles.